The number of hydrogen-bond acceptors (Lipinski definition) is 3. The van der Waals surface area contributed by atoms with Gasteiger partial charge < -0.3 is 10.2 Å². The second-order valence-electron chi connectivity index (χ2n) is 6.44. The first-order valence-corrected chi connectivity index (χ1v) is 8.56. The van der Waals surface area contributed by atoms with Gasteiger partial charge in [0.1, 0.15) is 5.60 Å². The average molecular weight is 296 g/mol. The monoisotopic (exact) mass is 296 g/mol. The van der Waals surface area contributed by atoms with Gasteiger partial charge in [0.25, 0.3) is 0 Å². The van der Waals surface area contributed by atoms with Crippen LogP contribution in [-0.4, -0.2) is 33.4 Å². The van der Waals surface area contributed by atoms with E-state index in [0.29, 0.717) is 12.8 Å². The summed E-state index contributed by atoms with van der Waals surface area (Å²) in [6.07, 6.45) is 2.99. The van der Waals surface area contributed by atoms with Crippen LogP contribution in [0.1, 0.15) is 47.5 Å². The highest BCUT2D eigenvalue weighted by atomic mass is 32.2. The summed E-state index contributed by atoms with van der Waals surface area (Å²) in [4.78, 5) is 0. The lowest BCUT2D eigenvalue weighted by atomic mass is 9.60. The average Bonchev–Trinajstić information content (AvgIpc) is 2.33. The predicted molar refractivity (Wildman–Crippen MR) is 87.7 cm³/mol. The highest BCUT2D eigenvalue weighted by Crippen LogP contribution is 2.46. The molecular formula is C17H28O2S. The van der Waals surface area contributed by atoms with Crippen LogP contribution in [0.15, 0.2) is 11.6 Å². The summed E-state index contributed by atoms with van der Waals surface area (Å²) < 4.78 is 0. The van der Waals surface area contributed by atoms with Crippen LogP contribution in [0, 0.1) is 23.2 Å². The van der Waals surface area contributed by atoms with Crippen molar-refractivity contribution < 1.29 is 10.2 Å². The largest absolute Gasteiger partial charge is 0.393 e. The van der Waals surface area contributed by atoms with E-state index >= 15 is 0 Å². The van der Waals surface area contributed by atoms with E-state index in [9.17, 15) is 10.2 Å². The van der Waals surface area contributed by atoms with Crippen LogP contribution in [0.3, 0.4) is 0 Å². The minimum Gasteiger partial charge on any atom is -0.393 e. The van der Waals surface area contributed by atoms with Gasteiger partial charge in [0.05, 0.1) is 6.10 Å². The lowest BCUT2D eigenvalue weighted by Crippen LogP contribution is -2.54. The van der Waals surface area contributed by atoms with Gasteiger partial charge in [0.2, 0.25) is 0 Å². The number of rotatable bonds is 3. The summed E-state index contributed by atoms with van der Waals surface area (Å²) in [5.74, 6) is 8.26. The van der Waals surface area contributed by atoms with Crippen LogP contribution < -0.4 is 0 Å². The van der Waals surface area contributed by atoms with Gasteiger partial charge in [-0.05, 0) is 37.0 Å². The molecule has 0 spiro atoms. The molecule has 20 heavy (non-hydrogen) atoms. The molecule has 2 N–H and O–H groups in total. The maximum Gasteiger partial charge on any atom is 0.133 e. The first-order chi connectivity index (χ1) is 9.23. The minimum absolute atomic E-state index is 0.0217. The predicted octanol–water partition coefficient (Wildman–Crippen LogP) is 3.24. The fourth-order valence-electron chi connectivity index (χ4n) is 2.91. The third-order valence-corrected chi connectivity index (χ3v) is 5.09. The van der Waals surface area contributed by atoms with E-state index in [1.165, 1.54) is 0 Å². The molecule has 0 heterocycles. The summed E-state index contributed by atoms with van der Waals surface area (Å²) in [7, 11) is 0. The molecule has 114 valence electrons. The van der Waals surface area contributed by atoms with Crippen molar-refractivity contribution in [3.8, 4) is 11.8 Å². The Morgan fingerprint density at radius 2 is 2.10 bits per heavy atom. The van der Waals surface area contributed by atoms with Crippen molar-refractivity contribution in [3.05, 3.63) is 11.6 Å². The van der Waals surface area contributed by atoms with Gasteiger partial charge in [-0.1, -0.05) is 45.6 Å². The first kappa shape index (κ1) is 17.6. The molecule has 0 aromatic heterocycles. The molecule has 3 atom stereocenters. The standard InChI is InChI=1S/C17H28O2S/c1-6-20-10-8-13(2)7-9-17(19)14(3)11-15(18)12-16(17,4)5/h8,14-15,18-19H,6,10-12H2,1-5H3/t14-,15-,17+/m1/s1. The fourth-order valence-corrected chi connectivity index (χ4v) is 3.52. The van der Waals surface area contributed by atoms with E-state index in [4.69, 9.17) is 0 Å². The molecule has 2 nitrogen and oxygen atoms in total. The minimum atomic E-state index is -1.03. The van der Waals surface area contributed by atoms with Crippen molar-refractivity contribution in [1.29, 1.82) is 0 Å². The molecule has 1 rings (SSSR count). The second-order valence-corrected chi connectivity index (χ2v) is 7.76. The molecule has 0 aromatic rings. The van der Waals surface area contributed by atoms with Crippen LogP contribution in [0.25, 0.3) is 0 Å². The number of allylic oxidation sites excluding steroid dienone is 1. The Bertz CT molecular complexity index is 416. The van der Waals surface area contributed by atoms with Crippen LogP contribution in [0.2, 0.25) is 0 Å². The van der Waals surface area contributed by atoms with E-state index < -0.39 is 11.0 Å². The fraction of sp³-hybridized carbons (Fsp3) is 0.765. The quantitative estimate of drug-likeness (QED) is 0.620. The van der Waals surface area contributed by atoms with Crippen LogP contribution in [-0.2, 0) is 0 Å². The molecule has 0 amide bonds. The molecule has 0 radical (unpaired) electrons. The van der Waals surface area contributed by atoms with E-state index in [-0.39, 0.29) is 12.0 Å². The smallest absolute Gasteiger partial charge is 0.133 e. The highest BCUT2D eigenvalue weighted by Gasteiger charge is 2.51. The molecule has 1 aliphatic rings. The second kappa shape index (κ2) is 7.02. The molecule has 0 aromatic carbocycles. The highest BCUT2D eigenvalue weighted by molar-refractivity contribution is 7.99. The van der Waals surface area contributed by atoms with Crippen molar-refractivity contribution in [2.45, 2.75) is 59.2 Å². The van der Waals surface area contributed by atoms with E-state index in [0.717, 1.165) is 17.1 Å². The zero-order valence-electron chi connectivity index (χ0n) is 13.4. The molecule has 0 saturated heterocycles. The molecule has 3 heteroatoms. The Hall–Kier alpha value is -0.430. The third kappa shape index (κ3) is 4.04. The van der Waals surface area contributed by atoms with Crippen LogP contribution in [0.5, 0.6) is 0 Å². The summed E-state index contributed by atoms with van der Waals surface area (Å²) in [5, 5.41) is 20.9. The number of hydrogen-bond donors (Lipinski definition) is 2. The van der Waals surface area contributed by atoms with E-state index in [1.807, 2.05) is 39.5 Å². The molecular weight excluding hydrogens is 268 g/mol. The van der Waals surface area contributed by atoms with Crippen molar-refractivity contribution in [1.82, 2.24) is 0 Å². The molecule has 1 saturated carbocycles. The summed E-state index contributed by atoms with van der Waals surface area (Å²) in [6, 6.07) is 0. The van der Waals surface area contributed by atoms with Crippen molar-refractivity contribution >= 4 is 11.8 Å². The van der Waals surface area contributed by atoms with Crippen LogP contribution in [0.4, 0.5) is 0 Å². The number of aliphatic hydroxyl groups is 2. The Kier molecular flexibility index (Phi) is 6.19. The Labute approximate surface area is 128 Å². The Balaban J connectivity index is 2.90. The lowest BCUT2D eigenvalue weighted by molar-refractivity contribution is -0.121. The zero-order chi connectivity index (χ0) is 15.4. The summed E-state index contributed by atoms with van der Waals surface area (Å²) in [6.45, 7) is 10.1. The van der Waals surface area contributed by atoms with Gasteiger partial charge in [-0.15, -0.1) is 0 Å². The van der Waals surface area contributed by atoms with Gasteiger partial charge >= 0.3 is 0 Å². The Morgan fingerprint density at radius 1 is 1.45 bits per heavy atom. The number of thioether (sulfide) groups is 1. The normalized spacial score (nSPS) is 33.5. The summed E-state index contributed by atoms with van der Waals surface area (Å²) in [5.41, 5.74) is -0.414. The van der Waals surface area contributed by atoms with Gasteiger partial charge in [-0.3, -0.25) is 0 Å². The van der Waals surface area contributed by atoms with E-state index in [2.05, 4.69) is 24.8 Å². The molecule has 1 fully saturated rings. The lowest BCUT2D eigenvalue weighted by Gasteiger charge is -2.48. The SMILES string of the molecule is CCSCC=C(C)C#C[C@]1(O)[C@H](C)C[C@@H](O)CC1(C)C. The maximum absolute atomic E-state index is 11.0. The molecule has 0 aliphatic heterocycles. The van der Waals surface area contributed by atoms with Crippen molar-refractivity contribution in [3.63, 3.8) is 0 Å². The molecule has 0 unspecified atom stereocenters. The molecule has 0 bridgehead atoms. The van der Waals surface area contributed by atoms with E-state index in [1.54, 1.807) is 0 Å². The Morgan fingerprint density at radius 3 is 2.65 bits per heavy atom. The van der Waals surface area contributed by atoms with Gasteiger partial charge in [-0.25, -0.2) is 0 Å². The van der Waals surface area contributed by atoms with Crippen molar-refractivity contribution in [2.75, 3.05) is 11.5 Å². The zero-order valence-corrected chi connectivity index (χ0v) is 14.2. The third-order valence-electron chi connectivity index (χ3n) is 4.28. The maximum atomic E-state index is 11.0. The molecule has 1 aliphatic carbocycles. The van der Waals surface area contributed by atoms with Crippen molar-refractivity contribution in [2.24, 2.45) is 11.3 Å². The van der Waals surface area contributed by atoms with Crippen LogP contribution >= 0.6 is 11.8 Å². The van der Waals surface area contributed by atoms with Gasteiger partial charge in [-0.2, -0.15) is 11.8 Å². The number of aliphatic hydroxyl groups excluding tert-OH is 1. The summed E-state index contributed by atoms with van der Waals surface area (Å²) >= 11 is 1.86. The topological polar surface area (TPSA) is 40.5 Å². The van der Waals surface area contributed by atoms with Gasteiger partial charge in [0.15, 0.2) is 0 Å². The first-order valence-electron chi connectivity index (χ1n) is 7.41. The van der Waals surface area contributed by atoms with Gasteiger partial charge in [0, 0.05) is 11.2 Å².